The Morgan fingerprint density at radius 3 is 2.53 bits per heavy atom. The summed E-state index contributed by atoms with van der Waals surface area (Å²) >= 11 is 5.82. The van der Waals surface area contributed by atoms with E-state index < -0.39 is 24.0 Å². The predicted octanol–water partition coefficient (Wildman–Crippen LogP) is 2.01. The van der Waals surface area contributed by atoms with Gasteiger partial charge in [-0.05, 0) is 44.5 Å². The number of amides is 1. The fourth-order valence-corrected chi connectivity index (χ4v) is 1.61. The van der Waals surface area contributed by atoms with Crippen molar-refractivity contribution in [2.24, 2.45) is 0 Å². The third-order valence-corrected chi connectivity index (χ3v) is 2.77. The first-order valence-electron chi connectivity index (χ1n) is 5.77. The number of benzene rings is 1. The predicted molar refractivity (Wildman–Crippen MR) is 71.5 cm³/mol. The first-order valence-corrected chi connectivity index (χ1v) is 6.15. The molecular weight excluding hydrogens is 270 g/mol. The van der Waals surface area contributed by atoms with Crippen LogP contribution >= 0.6 is 11.6 Å². The molecule has 0 fully saturated rings. The van der Waals surface area contributed by atoms with Crippen molar-refractivity contribution in [3.8, 4) is 5.75 Å². The van der Waals surface area contributed by atoms with Gasteiger partial charge in [0.15, 0.2) is 6.10 Å². The lowest BCUT2D eigenvalue weighted by atomic mass is 10.2. The Labute approximate surface area is 116 Å². The number of carbonyl (C=O) groups is 2. The summed E-state index contributed by atoms with van der Waals surface area (Å²) in [6, 6.07) is 4.10. The fourth-order valence-electron chi connectivity index (χ4n) is 1.38. The lowest BCUT2D eigenvalue weighted by molar-refractivity contribution is -0.142. The van der Waals surface area contributed by atoms with E-state index in [4.69, 9.17) is 21.4 Å². The molecule has 0 saturated carbocycles. The van der Waals surface area contributed by atoms with E-state index in [0.29, 0.717) is 10.8 Å². The SMILES string of the molecule is Cc1cc(Cl)ccc1OC(C)C(=O)NC(C)C(=O)O. The maximum absolute atomic E-state index is 11.7. The number of carboxylic acid groups (broad SMARTS) is 1. The highest BCUT2D eigenvalue weighted by molar-refractivity contribution is 6.30. The summed E-state index contributed by atoms with van der Waals surface area (Å²) in [7, 11) is 0. The van der Waals surface area contributed by atoms with Gasteiger partial charge in [0, 0.05) is 5.02 Å². The topological polar surface area (TPSA) is 75.6 Å². The summed E-state index contributed by atoms with van der Waals surface area (Å²) in [6.45, 7) is 4.75. The third kappa shape index (κ3) is 4.44. The number of aliphatic carboxylic acids is 1. The molecule has 0 bridgehead atoms. The Bertz CT molecular complexity index is 490. The van der Waals surface area contributed by atoms with Gasteiger partial charge in [0.1, 0.15) is 11.8 Å². The largest absolute Gasteiger partial charge is 0.481 e. The second kappa shape index (κ2) is 6.43. The zero-order valence-electron chi connectivity index (χ0n) is 10.9. The molecule has 1 amide bonds. The molecule has 1 rings (SSSR count). The lowest BCUT2D eigenvalue weighted by Crippen LogP contribution is -2.44. The average Bonchev–Trinajstić information content (AvgIpc) is 2.32. The summed E-state index contributed by atoms with van der Waals surface area (Å²) in [5, 5.41) is 11.6. The van der Waals surface area contributed by atoms with Crippen molar-refractivity contribution in [1.82, 2.24) is 5.32 Å². The fraction of sp³-hybridized carbons (Fsp3) is 0.385. The maximum Gasteiger partial charge on any atom is 0.325 e. The zero-order valence-corrected chi connectivity index (χ0v) is 11.7. The minimum Gasteiger partial charge on any atom is -0.481 e. The molecule has 5 nitrogen and oxygen atoms in total. The number of hydrogen-bond acceptors (Lipinski definition) is 3. The van der Waals surface area contributed by atoms with Crippen LogP contribution in [0.4, 0.5) is 0 Å². The zero-order chi connectivity index (χ0) is 14.6. The Balaban J connectivity index is 2.66. The van der Waals surface area contributed by atoms with Crippen LogP contribution in [-0.4, -0.2) is 29.1 Å². The summed E-state index contributed by atoms with van der Waals surface area (Å²) in [5.41, 5.74) is 0.804. The molecule has 0 saturated heterocycles. The van der Waals surface area contributed by atoms with Crippen molar-refractivity contribution >= 4 is 23.5 Å². The second-order valence-corrected chi connectivity index (χ2v) is 4.67. The number of carboxylic acids is 1. The number of rotatable bonds is 5. The summed E-state index contributed by atoms with van der Waals surface area (Å²) < 4.78 is 5.48. The van der Waals surface area contributed by atoms with Crippen LogP contribution in [0.15, 0.2) is 18.2 Å². The van der Waals surface area contributed by atoms with Gasteiger partial charge in [-0.3, -0.25) is 9.59 Å². The molecule has 0 aliphatic heterocycles. The molecule has 2 N–H and O–H groups in total. The molecule has 2 unspecified atom stereocenters. The monoisotopic (exact) mass is 285 g/mol. The van der Waals surface area contributed by atoms with E-state index in [-0.39, 0.29) is 0 Å². The molecule has 0 radical (unpaired) electrons. The van der Waals surface area contributed by atoms with Gasteiger partial charge < -0.3 is 15.2 Å². The van der Waals surface area contributed by atoms with Crippen LogP contribution in [0.1, 0.15) is 19.4 Å². The molecular formula is C13H16ClNO4. The number of halogens is 1. The van der Waals surface area contributed by atoms with Crippen LogP contribution in [0.3, 0.4) is 0 Å². The van der Waals surface area contributed by atoms with Crippen LogP contribution in [0.25, 0.3) is 0 Å². The minimum absolute atomic E-state index is 0.482. The van der Waals surface area contributed by atoms with E-state index in [2.05, 4.69) is 5.32 Å². The standard InChI is InChI=1S/C13H16ClNO4/c1-7-6-10(14)4-5-11(7)19-9(3)12(16)15-8(2)13(17)18/h4-6,8-9H,1-3H3,(H,15,16)(H,17,18). The normalized spacial score (nSPS) is 13.5. The molecule has 1 aromatic rings. The highest BCUT2D eigenvalue weighted by Crippen LogP contribution is 2.22. The van der Waals surface area contributed by atoms with Crippen molar-refractivity contribution < 1.29 is 19.4 Å². The van der Waals surface area contributed by atoms with Gasteiger partial charge >= 0.3 is 5.97 Å². The van der Waals surface area contributed by atoms with Gasteiger partial charge in [-0.1, -0.05) is 11.6 Å². The van der Waals surface area contributed by atoms with Gasteiger partial charge in [0.05, 0.1) is 0 Å². The summed E-state index contributed by atoms with van der Waals surface area (Å²) in [6.07, 6.45) is -0.790. The molecule has 104 valence electrons. The molecule has 0 aliphatic rings. The highest BCUT2D eigenvalue weighted by Gasteiger charge is 2.20. The molecule has 0 aliphatic carbocycles. The van der Waals surface area contributed by atoms with Gasteiger partial charge in [-0.2, -0.15) is 0 Å². The van der Waals surface area contributed by atoms with Crippen LogP contribution in [0, 0.1) is 6.92 Å². The lowest BCUT2D eigenvalue weighted by Gasteiger charge is -2.17. The average molecular weight is 286 g/mol. The van der Waals surface area contributed by atoms with Crippen molar-refractivity contribution in [3.05, 3.63) is 28.8 Å². The van der Waals surface area contributed by atoms with Crippen LogP contribution in [-0.2, 0) is 9.59 Å². The number of hydrogen-bond donors (Lipinski definition) is 2. The first kappa shape index (κ1) is 15.3. The van der Waals surface area contributed by atoms with Crippen LogP contribution < -0.4 is 10.1 Å². The van der Waals surface area contributed by atoms with Crippen molar-refractivity contribution in [2.75, 3.05) is 0 Å². The third-order valence-electron chi connectivity index (χ3n) is 2.54. The van der Waals surface area contributed by atoms with Gasteiger partial charge in [0.2, 0.25) is 0 Å². The molecule has 0 spiro atoms. The van der Waals surface area contributed by atoms with E-state index in [0.717, 1.165) is 5.56 Å². The number of ether oxygens (including phenoxy) is 1. The van der Waals surface area contributed by atoms with Crippen LogP contribution in [0.2, 0.25) is 5.02 Å². The van der Waals surface area contributed by atoms with Crippen molar-refractivity contribution in [1.29, 1.82) is 0 Å². The Morgan fingerprint density at radius 2 is 2.00 bits per heavy atom. The number of nitrogens with one attached hydrogen (secondary N) is 1. The summed E-state index contributed by atoms with van der Waals surface area (Å²) in [4.78, 5) is 22.4. The quantitative estimate of drug-likeness (QED) is 0.868. The van der Waals surface area contributed by atoms with E-state index in [1.54, 1.807) is 25.1 Å². The summed E-state index contributed by atoms with van der Waals surface area (Å²) in [5.74, 6) is -1.04. The maximum atomic E-state index is 11.7. The van der Waals surface area contributed by atoms with Crippen molar-refractivity contribution in [3.63, 3.8) is 0 Å². The van der Waals surface area contributed by atoms with E-state index in [1.807, 2.05) is 6.92 Å². The first-order chi connectivity index (χ1) is 8.81. The van der Waals surface area contributed by atoms with Gasteiger partial charge in [-0.15, -0.1) is 0 Å². The smallest absolute Gasteiger partial charge is 0.325 e. The van der Waals surface area contributed by atoms with Gasteiger partial charge in [-0.25, -0.2) is 0 Å². The van der Waals surface area contributed by atoms with Crippen molar-refractivity contribution in [2.45, 2.75) is 32.9 Å². The van der Waals surface area contributed by atoms with E-state index >= 15 is 0 Å². The van der Waals surface area contributed by atoms with E-state index in [9.17, 15) is 9.59 Å². The Morgan fingerprint density at radius 1 is 1.37 bits per heavy atom. The molecule has 2 atom stereocenters. The number of carbonyl (C=O) groups excluding carboxylic acids is 1. The highest BCUT2D eigenvalue weighted by atomic mass is 35.5. The molecule has 0 aromatic heterocycles. The number of aryl methyl sites for hydroxylation is 1. The second-order valence-electron chi connectivity index (χ2n) is 4.24. The minimum atomic E-state index is -1.09. The van der Waals surface area contributed by atoms with E-state index in [1.165, 1.54) is 6.92 Å². The Hall–Kier alpha value is -1.75. The molecule has 19 heavy (non-hydrogen) atoms. The van der Waals surface area contributed by atoms with Crippen LogP contribution in [0.5, 0.6) is 5.75 Å². The Kier molecular flexibility index (Phi) is 5.18. The molecule has 0 heterocycles. The van der Waals surface area contributed by atoms with Gasteiger partial charge in [0.25, 0.3) is 5.91 Å². The molecule has 6 heteroatoms. The molecule has 1 aromatic carbocycles.